The lowest BCUT2D eigenvalue weighted by atomic mass is 10.1. The Bertz CT molecular complexity index is 724. The van der Waals surface area contributed by atoms with Crippen molar-refractivity contribution in [3.05, 3.63) is 62.0 Å². The minimum Gasteiger partial charge on any atom is -0.422 e. The summed E-state index contributed by atoms with van der Waals surface area (Å²) in [5, 5.41) is 11.5. The topological polar surface area (TPSA) is 73.3 Å². The largest absolute Gasteiger partial charge is 0.422 e. The molecule has 0 aliphatic heterocycles. The second kappa shape index (κ2) is 5.06. The Morgan fingerprint density at radius 2 is 2.11 bits per heavy atom. The molecule has 0 fully saturated rings. The van der Waals surface area contributed by atoms with Crippen molar-refractivity contribution in [2.45, 2.75) is 20.3 Å². The van der Waals surface area contributed by atoms with Gasteiger partial charge in [-0.25, -0.2) is 4.79 Å². The van der Waals surface area contributed by atoms with Crippen molar-refractivity contribution in [1.82, 2.24) is 0 Å². The molecule has 2 aromatic rings. The minimum absolute atomic E-state index is 0.00138. The lowest BCUT2D eigenvalue weighted by Gasteiger charge is -2.03. The summed E-state index contributed by atoms with van der Waals surface area (Å²) < 4.78 is 5.15. The normalized spacial score (nSPS) is 10.4. The van der Waals surface area contributed by atoms with E-state index in [4.69, 9.17) is 4.42 Å². The molecule has 1 heterocycles. The average molecular weight is 259 g/mol. The molecule has 5 heteroatoms. The van der Waals surface area contributed by atoms with E-state index in [1.54, 1.807) is 6.07 Å². The van der Waals surface area contributed by atoms with E-state index in [1.165, 1.54) is 18.2 Å². The number of hydrogen-bond acceptors (Lipinski definition) is 4. The number of hydrogen-bond donors (Lipinski definition) is 0. The van der Waals surface area contributed by atoms with E-state index >= 15 is 0 Å². The quantitative estimate of drug-likeness (QED) is 0.367. The molecular weight excluding hydrogens is 246 g/mol. The highest BCUT2D eigenvalue weighted by molar-refractivity contribution is 5.82. The molecule has 0 saturated carbocycles. The van der Waals surface area contributed by atoms with Gasteiger partial charge in [-0.1, -0.05) is 11.6 Å². The molecule has 0 amide bonds. The number of fused-ring (bicyclic) bond motifs is 1. The Kier molecular flexibility index (Phi) is 3.46. The lowest BCUT2D eigenvalue weighted by Crippen LogP contribution is -1.98. The molecule has 98 valence electrons. The summed E-state index contributed by atoms with van der Waals surface area (Å²) in [6, 6.07) is 5.66. The molecule has 0 spiro atoms. The van der Waals surface area contributed by atoms with Crippen molar-refractivity contribution in [2.24, 2.45) is 0 Å². The van der Waals surface area contributed by atoms with Crippen LogP contribution in [0.4, 0.5) is 5.69 Å². The predicted molar refractivity (Wildman–Crippen MR) is 72.3 cm³/mol. The van der Waals surface area contributed by atoms with Crippen molar-refractivity contribution in [1.29, 1.82) is 0 Å². The van der Waals surface area contributed by atoms with Gasteiger partial charge in [0.1, 0.15) is 5.58 Å². The Morgan fingerprint density at radius 3 is 2.74 bits per heavy atom. The van der Waals surface area contributed by atoms with Gasteiger partial charge in [0.25, 0.3) is 5.69 Å². The van der Waals surface area contributed by atoms with Crippen molar-refractivity contribution in [3.63, 3.8) is 0 Å². The molecule has 0 radical (unpaired) electrons. The van der Waals surface area contributed by atoms with Crippen LogP contribution in [0, 0.1) is 10.1 Å². The van der Waals surface area contributed by atoms with Gasteiger partial charge in [0, 0.05) is 29.1 Å². The molecule has 0 atom stereocenters. The third-order valence-electron chi connectivity index (χ3n) is 2.72. The fourth-order valence-electron chi connectivity index (χ4n) is 1.81. The summed E-state index contributed by atoms with van der Waals surface area (Å²) in [5.41, 5.74) is 1.69. The Labute approximate surface area is 109 Å². The Hall–Kier alpha value is -2.43. The van der Waals surface area contributed by atoms with Crippen LogP contribution in [-0.4, -0.2) is 4.92 Å². The first kappa shape index (κ1) is 13.0. The fraction of sp³-hybridized carbons (Fsp3) is 0.214. The van der Waals surface area contributed by atoms with Crippen LogP contribution < -0.4 is 5.63 Å². The molecule has 0 bridgehead atoms. The SMILES string of the molecule is CC(C)=CCc1cc([N+](=O)[O-])cc2ccc(=O)oc12. The van der Waals surface area contributed by atoms with E-state index in [2.05, 4.69) is 0 Å². The van der Waals surface area contributed by atoms with Crippen LogP contribution in [0.1, 0.15) is 19.4 Å². The van der Waals surface area contributed by atoms with E-state index in [0.717, 1.165) is 5.57 Å². The molecule has 2 rings (SSSR count). The van der Waals surface area contributed by atoms with Crippen LogP contribution >= 0.6 is 0 Å². The second-order valence-electron chi connectivity index (χ2n) is 4.52. The standard InChI is InChI=1S/C14H13NO4/c1-9(2)3-4-10-7-12(15(17)18)8-11-5-6-13(16)19-14(10)11/h3,5-8H,4H2,1-2H3. The molecule has 0 aliphatic carbocycles. The summed E-state index contributed by atoms with van der Waals surface area (Å²) in [7, 11) is 0. The minimum atomic E-state index is -0.459. The van der Waals surface area contributed by atoms with Gasteiger partial charge < -0.3 is 4.42 Å². The summed E-state index contributed by atoms with van der Waals surface area (Å²) >= 11 is 0. The van der Waals surface area contributed by atoms with E-state index in [-0.39, 0.29) is 5.69 Å². The molecule has 19 heavy (non-hydrogen) atoms. The van der Waals surface area contributed by atoms with Crippen LogP contribution in [0.5, 0.6) is 0 Å². The Balaban J connectivity index is 2.69. The van der Waals surface area contributed by atoms with Crippen molar-refractivity contribution in [3.8, 4) is 0 Å². The number of nitrogens with zero attached hydrogens (tertiary/aromatic N) is 1. The highest BCUT2D eigenvalue weighted by atomic mass is 16.6. The summed E-state index contributed by atoms with van der Waals surface area (Å²) in [6.45, 7) is 3.88. The fourth-order valence-corrected chi connectivity index (χ4v) is 1.81. The molecule has 1 aromatic heterocycles. The highest BCUT2D eigenvalue weighted by Gasteiger charge is 2.12. The molecular formula is C14H13NO4. The highest BCUT2D eigenvalue weighted by Crippen LogP contribution is 2.25. The summed E-state index contributed by atoms with van der Waals surface area (Å²) in [5.74, 6) is 0. The number of nitro benzene ring substituents is 1. The van der Waals surface area contributed by atoms with Gasteiger partial charge in [-0.15, -0.1) is 0 Å². The van der Waals surface area contributed by atoms with Crippen LogP contribution in [0.2, 0.25) is 0 Å². The number of rotatable bonds is 3. The maximum Gasteiger partial charge on any atom is 0.336 e. The van der Waals surface area contributed by atoms with E-state index < -0.39 is 10.5 Å². The van der Waals surface area contributed by atoms with Crippen LogP contribution in [0.15, 0.2) is 45.1 Å². The van der Waals surface area contributed by atoms with Crippen molar-refractivity contribution < 1.29 is 9.34 Å². The van der Waals surface area contributed by atoms with Crippen LogP contribution in [-0.2, 0) is 6.42 Å². The van der Waals surface area contributed by atoms with Crippen LogP contribution in [0.3, 0.4) is 0 Å². The molecule has 0 saturated heterocycles. The van der Waals surface area contributed by atoms with Crippen LogP contribution in [0.25, 0.3) is 11.0 Å². The van der Waals surface area contributed by atoms with Crippen molar-refractivity contribution in [2.75, 3.05) is 0 Å². The van der Waals surface area contributed by atoms with Gasteiger partial charge in [0.05, 0.1) is 4.92 Å². The molecule has 5 nitrogen and oxygen atoms in total. The maximum atomic E-state index is 11.3. The third-order valence-corrected chi connectivity index (χ3v) is 2.72. The smallest absolute Gasteiger partial charge is 0.336 e. The zero-order valence-corrected chi connectivity index (χ0v) is 10.7. The zero-order chi connectivity index (χ0) is 14.0. The third kappa shape index (κ3) is 2.88. The lowest BCUT2D eigenvalue weighted by molar-refractivity contribution is -0.384. The van der Waals surface area contributed by atoms with E-state index in [0.29, 0.717) is 23.0 Å². The summed E-state index contributed by atoms with van der Waals surface area (Å²) in [4.78, 5) is 21.7. The molecule has 0 aliphatic rings. The molecule has 1 aromatic carbocycles. The van der Waals surface area contributed by atoms with Gasteiger partial charge in [0.2, 0.25) is 0 Å². The van der Waals surface area contributed by atoms with E-state index in [9.17, 15) is 14.9 Å². The average Bonchev–Trinajstić information content (AvgIpc) is 2.35. The number of nitro groups is 1. The number of non-ortho nitro benzene ring substituents is 1. The van der Waals surface area contributed by atoms with Gasteiger partial charge in [-0.2, -0.15) is 0 Å². The first-order chi connectivity index (χ1) is 8.97. The monoisotopic (exact) mass is 259 g/mol. The van der Waals surface area contributed by atoms with Gasteiger partial charge >= 0.3 is 5.63 Å². The van der Waals surface area contributed by atoms with Crippen molar-refractivity contribution >= 4 is 16.7 Å². The predicted octanol–water partition coefficient (Wildman–Crippen LogP) is 3.21. The first-order valence-electron chi connectivity index (χ1n) is 5.82. The second-order valence-corrected chi connectivity index (χ2v) is 4.52. The van der Waals surface area contributed by atoms with Gasteiger partial charge in [-0.3, -0.25) is 10.1 Å². The number of allylic oxidation sites excluding steroid dienone is 2. The Morgan fingerprint density at radius 1 is 1.37 bits per heavy atom. The van der Waals surface area contributed by atoms with Gasteiger partial charge in [0.15, 0.2) is 0 Å². The molecule has 0 N–H and O–H groups in total. The van der Waals surface area contributed by atoms with E-state index in [1.807, 2.05) is 19.9 Å². The summed E-state index contributed by atoms with van der Waals surface area (Å²) in [6.07, 6.45) is 2.43. The maximum absolute atomic E-state index is 11.3. The number of benzene rings is 1. The zero-order valence-electron chi connectivity index (χ0n) is 10.7. The molecule has 0 unspecified atom stereocenters. The van der Waals surface area contributed by atoms with Gasteiger partial charge in [-0.05, 0) is 26.3 Å². The first-order valence-corrected chi connectivity index (χ1v) is 5.82.